The highest BCUT2D eigenvalue weighted by molar-refractivity contribution is 5.87. The first-order valence-corrected chi connectivity index (χ1v) is 7.28. The van der Waals surface area contributed by atoms with Crippen LogP contribution in [0.15, 0.2) is 36.4 Å². The minimum Gasteiger partial charge on any atom is -0.462 e. The lowest BCUT2D eigenvalue weighted by Crippen LogP contribution is -2.21. The molecule has 1 aliphatic carbocycles. The molecule has 3 heteroatoms. The van der Waals surface area contributed by atoms with E-state index in [0.717, 1.165) is 31.2 Å². The van der Waals surface area contributed by atoms with Crippen molar-refractivity contribution in [1.82, 2.24) is 0 Å². The third-order valence-electron chi connectivity index (χ3n) is 3.90. The molecule has 0 unspecified atom stereocenters. The molecule has 1 N–H and O–H groups in total. The van der Waals surface area contributed by atoms with E-state index in [-0.39, 0.29) is 12.6 Å². The third kappa shape index (κ3) is 4.82. The maximum Gasteiger partial charge on any atom is 0.330 e. The number of ether oxygens (including phenoxy) is 1. The molecule has 1 saturated carbocycles. The largest absolute Gasteiger partial charge is 0.462 e. The number of aliphatic hydroxyl groups is 1. The van der Waals surface area contributed by atoms with Gasteiger partial charge in [0, 0.05) is 12.7 Å². The molecule has 1 aromatic rings. The Bertz CT molecular complexity index is 431. The predicted molar refractivity (Wildman–Crippen MR) is 79.0 cm³/mol. The zero-order chi connectivity index (χ0) is 14.2. The molecular weight excluding hydrogens is 252 g/mol. The molecule has 108 valence electrons. The first-order valence-electron chi connectivity index (χ1n) is 7.28. The van der Waals surface area contributed by atoms with Crippen molar-refractivity contribution in [2.24, 2.45) is 11.8 Å². The van der Waals surface area contributed by atoms with Crippen LogP contribution in [0.4, 0.5) is 0 Å². The van der Waals surface area contributed by atoms with Gasteiger partial charge in [-0.15, -0.1) is 0 Å². The zero-order valence-corrected chi connectivity index (χ0v) is 11.7. The number of carbonyl (C=O) groups is 1. The van der Waals surface area contributed by atoms with Crippen LogP contribution in [0.1, 0.15) is 31.2 Å². The van der Waals surface area contributed by atoms with Crippen molar-refractivity contribution < 1.29 is 14.6 Å². The molecule has 0 amide bonds. The molecule has 0 bridgehead atoms. The molecule has 0 spiro atoms. The van der Waals surface area contributed by atoms with Crippen molar-refractivity contribution in [2.75, 3.05) is 13.2 Å². The summed E-state index contributed by atoms with van der Waals surface area (Å²) < 4.78 is 5.28. The molecule has 0 atom stereocenters. The molecule has 20 heavy (non-hydrogen) atoms. The van der Waals surface area contributed by atoms with E-state index in [1.165, 1.54) is 6.08 Å². The molecule has 0 saturated heterocycles. The summed E-state index contributed by atoms with van der Waals surface area (Å²) >= 11 is 0. The lowest BCUT2D eigenvalue weighted by Gasteiger charge is -2.26. The van der Waals surface area contributed by atoms with Gasteiger partial charge < -0.3 is 9.84 Å². The Morgan fingerprint density at radius 1 is 1.15 bits per heavy atom. The number of carbonyl (C=O) groups excluding carboxylic acids is 1. The molecule has 0 heterocycles. The fraction of sp³-hybridized carbons (Fsp3) is 0.471. The topological polar surface area (TPSA) is 46.5 Å². The first-order chi connectivity index (χ1) is 9.78. The van der Waals surface area contributed by atoms with Crippen LogP contribution in [-0.4, -0.2) is 24.3 Å². The number of aliphatic hydroxyl groups excluding tert-OH is 1. The van der Waals surface area contributed by atoms with Crippen LogP contribution in [0.3, 0.4) is 0 Å². The monoisotopic (exact) mass is 274 g/mol. The molecule has 1 aromatic carbocycles. The molecule has 0 aliphatic heterocycles. The van der Waals surface area contributed by atoms with Gasteiger partial charge in [0.15, 0.2) is 0 Å². The van der Waals surface area contributed by atoms with E-state index in [0.29, 0.717) is 18.4 Å². The zero-order valence-electron chi connectivity index (χ0n) is 11.7. The average Bonchev–Trinajstić information content (AvgIpc) is 2.52. The fourth-order valence-electron chi connectivity index (χ4n) is 2.56. The second-order valence-corrected chi connectivity index (χ2v) is 5.44. The molecule has 3 nitrogen and oxygen atoms in total. The van der Waals surface area contributed by atoms with Gasteiger partial charge in [-0.3, -0.25) is 0 Å². The summed E-state index contributed by atoms with van der Waals surface area (Å²) in [5.41, 5.74) is 0.993. The Balaban J connectivity index is 1.69. The van der Waals surface area contributed by atoms with E-state index in [1.54, 1.807) is 6.08 Å². The summed E-state index contributed by atoms with van der Waals surface area (Å²) in [6.45, 7) is 0.780. The van der Waals surface area contributed by atoms with Gasteiger partial charge >= 0.3 is 5.97 Å². The Labute approximate surface area is 120 Å². The van der Waals surface area contributed by atoms with Crippen molar-refractivity contribution in [3.05, 3.63) is 42.0 Å². The van der Waals surface area contributed by atoms with Gasteiger partial charge in [0.1, 0.15) is 0 Å². The summed E-state index contributed by atoms with van der Waals surface area (Å²) in [6, 6.07) is 9.70. The minimum atomic E-state index is -0.280. The van der Waals surface area contributed by atoms with Crippen LogP contribution in [0.25, 0.3) is 6.08 Å². The van der Waals surface area contributed by atoms with Gasteiger partial charge in [-0.05, 0) is 49.2 Å². The van der Waals surface area contributed by atoms with Crippen molar-refractivity contribution in [3.63, 3.8) is 0 Å². The lowest BCUT2D eigenvalue weighted by atomic mass is 9.83. The first kappa shape index (κ1) is 14.8. The second kappa shape index (κ2) is 7.85. The molecular formula is C17H22O3. The maximum atomic E-state index is 11.6. The Morgan fingerprint density at radius 2 is 1.80 bits per heavy atom. The summed E-state index contributed by atoms with van der Waals surface area (Å²) in [7, 11) is 0. The van der Waals surface area contributed by atoms with Crippen LogP contribution in [0.2, 0.25) is 0 Å². The van der Waals surface area contributed by atoms with Gasteiger partial charge in [-0.25, -0.2) is 4.79 Å². The quantitative estimate of drug-likeness (QED) is 0.663. The summed E-state index contributed by atoms with van der Waals surface area (Å²) in [4.78, 5) is 11.6. The highest BCUT2D eigenvalue weighted by Crippen LogP contribution is 2.28. The molecule has 0 aromatic heterocycles. The number of hydrogen-bond acceptors (Lipinski definition) is 3. The average molecular weight is 274 g/mol. The van der Waals surface area contributed by atoms with Crippen LogP contribution in [0, 0.1) is 11.8 Å². The fourth-order valence-corrected chi connectivity index (χ4v) is 2.56. The van der Waals surface area contributed by atoms with Crippen LogP contribution < -0.4 is 0 Å². The summed E-state index contributed by atoms with van der Waals surface area (Å²) in [5, 5.41) is 9.08. The van der Waals surface area contributed by atoms with Gasteiger partial charge in [0.05, 0.1) is 6.61 Å². The lowest BCUT2D eigenvalue weighted by molar-refractivity contribution is -0.139. The van der Waals surface area contributed by atoms with Gasteiger partial charge in [-0.1, -0.05) is 30.3 Å². The minimum absolute atomic E-state index is 0.280. The highest BCUT2D eigenvalue weighted by Gasteiger charge is 2.21. The normalized spacial score (nSPS) is 22.9. The van der Waals surface area contributed by atoms with Gasteiger partial charge in [0.25, 0.3) is 0 Å². The highest BCUT2D eigenvalue weighted by atomic mass is 16.5. The smallest absolute Gasteiger partial charge is 0.330 e. The Hall–Kier alpha value is -1.61. The van der Waals surface area contributed by atoms with Crippen molar-refractivity contribution in [1.29, 1.82) is 0 Å². The maximum absolute atomic E-state index is 11.6. The van der Waals surface area contributed by atoms with Crippen LogP contribution in [0.5, 0.6) is 0 Å². The van der Waals surface area contributed by atoms with Crippen molar-refractivity contribution in [2.45, 2.75) is 25.7 Å². The van der Waals surface area contributed by atoms with Crippen LogP contribution >= 0.6 is 0 Å². The van der Waals surface area contributed by atoms with Gasteiger partial charge in [-0.2, -0.15) is 0 Å². The number of benzene rings is 1. The van der Waals surface area contributed by atoms with Gasteiger partial charge in [0.2, 0.25) is 0 Å². The Kier molecular flexibility index (Phi) is 5.81. The second-order valence-electron chi connectivity index (χ2n) is 5.44. The van der Waals surface area contributed by atoms with E-state index in [1.807, 2.05) is 30.3 Å². The Morgan fingerprint density at radius 3 is 2.45 bits per heavy atom. The SMILES string of the molecule is O=C(/C=C/c1ccccc1)OCC1CCC(CO)CC1. The number of esters is 1. The van der Waals surface area contributed by atoms with E-state index in [9.17, 15) is 4.79 Å². The van der Waals surface area contributed by atoms with Crippen molar-refractivity contribution in [3.8, 4) is 0 Å². The number of hydrogen-bond donors (Lipinski definition) is 1. The summed E-state index contributed by atoms with van der Waals surface area (Å²) in [6.07, 6.45) is 7.42. The molecule has 2 rings (SSSR count). The van der Waals surface area contributed by atoms with E-state index >= 15 is 0 Å². The molecule has 1 aliphatic rings. The van der Waals surface area contributed by atoms with E-state index in [2.05, 4.69) is 0 Å². The molecule has 0 radical (unpaired) electrons. The van der Waals surface area contributed by atoms with Crippen LogP contribution in [-0.2, 0) is 9.53 Å². The summed E-state index contributed by atoms with van der Waals surface area (Å²) in [5.74, 6) is 0.616. The standard InChI is InChI=1S/C17H22O3/c18-12-15-6-8-16(9-7-15)13-20-17(19)11-10-14-4-2-1-3-5-14/h1-5,10-11,15-16,18H,6-9,12-13H2/b11-10+. The van der Waals surface area contributed by atoms with E-state index < -0.39 is 0 Å². The number of rotatable bonds is 5. The van der Waals surface area contributed by atoms with E-state index in [4.69, 9.17) is 9.84 Å². The third-order valence-corrected chi connectivity index (χ3v) is 3.90. The predicted octanol–water partition coefficient (Wildman–Crippen LogP) is 3.04. The van der Waals surface area contributed by atoms with Crippen molar-refractivity contribution >= 4 is 12.0 Å². The molecule has 1 fully saturated rings.